The first-order chi connectivity index (χ1) is 8.19. The minimum atomic E-state index is 0.355. The zero-order valence-electron chi connectivity index (χ0n) is 8.52. The normalized spacial score (nSPS) is 9.71. The Kier molecular flexibility index (Phi) is 3.48. The summed E-state index contributed by atoms with van der Waals surface area (Å²) in [5.74, 6) is 0.782. The second-order valence-corrected chi connectivity index (χ2v) is 4.02. The van der Waals surface area contributed by atoms with Crippen molar-refractivity contribution < 1.29 is 4.74 Å². The van der Waals surface area contributed by atoms with Gasteiger partial charge in [-0.3, -0.25) is 0 Å². The number of rotatable bonds is 2. The maximum absolute atomic E-state index is 8.63. The first-order valence-corrected chi connectivity index (χ1v) is 5.43. The Morgan fingerprint density at radius 3 is 2.65 bits per heavy atom. The number of hydrogen-bond acceptors (Lipinski definition) is 3. The Labute approximate surface area is 108 Å². The molecule has 0 atom stereocenters. The molecule has 17 heavy (non-hydrogen) atoms. The molecule has 84 valence electrons. The van der Waals surface area contributed by atoms with Gasteiger partial charge in [0.15, 0.2) is 0 Å². The van der Waals surface area contributed by atoms with E-state index in [1.165, 1.54) is 6.20 Å². The highest BCUT2D eigenvalue weighted by Crippen LogP contribution is 2.30. The van der Waals surface area contributed by atoms with Gasteiger partial charge < -0.3 is 4.74 Å². The summed E-state index contributed by atoms with van der Waals surface area (Å²) in [6.07, 6.45) is 1.42. The van der Waals surface area contributed by atoms with E-state index in [4.69, 9.17) is 33.2 Å². The topological polar surface area (TPSA) is 45.9 Å². The molecule has 3 nitrogen and oxygen atoms in total. The van der Waals surface area contributed by atoms with Crippen LogP contribution < -0.4 is 4.74 Å². The number of aromatic nitrogens is 1. The van der Waals surface area contributed by atoms with Crippen molar-refractivity contribution in [3.63, 3.8) is 0 Å². The number of halogens is 2. The molecular weight excluding hydrogens is 259 g/mol. The highest BCUT2D eigenvalue weighted by Gasteiger charge is 2.05. The lowest BCUT2D eigenvalue weighted by molar-refractivity contribution is 0.463. The van der Waals surface area contributed by atoms with Crippen LogP contribution in [0.25, 0.3) is 0 Å². The second-order valence-electron chi connectivity index (χ2n) is 3.17. The van der Waals surface area contributed by atoms with Crippen molar-refractivity contribution >= 4 is 23.2 Å². The number of ether oxygens (including phenoxy) is 1. The second kappa shape index (κ2) is 5.05. The molecule has 2 rings (SSSR count). The lowest BCUT2D eigenvalue weighted by Crippen LogP contribution is -1.89. The average Bonchev–Trinajstić information content (AvgIpc) is 2.35. The van der Waals surface area contributed by atoms with Crippen LogP contribution >= 0.6 is 23.2 Å². The summed E-state index contributed by atoms with van der Waals surface area (Å²) in [6, 6.07) is 10.1. The molecule has 0 aliphatic rings. The Bertz CT molecular complexity index is 576. The van der Waals surface area contributed by atoms with E-state index in [9.17, 15) is 0 Å². The van der Waals surface area contributed by atoms with Crippen LogP contribution in [0.15, 0.2) is 36.5 Å². The quantitative estimate of drug-likeness (QED) is 0.822. The van der Waals surface area contributed by atoms with Crippen molar-refractivity contribution in [2.45, 2.75) is 0 Å². The molecule has 0 saturated heterocycles. The fraction of sp³-hybridized carbons (Fsp3) is 0. The molecule has 2 aromatic rings. The fourth-order valence-electron chi connectivity index (χ4n) is 1.17. The molecule has 0 radical (unpaired) electrons. The van der Waals surface area contributed by atoms with Gasteiger partial charge in [0, 0.05) is 23.4 Å². The first-order valence-electron chi connectivity index (χ1n) is 4.68. The highest BCUT2D eigenvalue weighted by atomic mass is 35.5. The summed E-state index contributed by atoms with van der Waals surface area (Å²) in [4.78, 5) is 3.97. The Balaban J connectivity index is 2.25. The van der Waals surface area contributed by atoms with Crippen LogP contribution in [-0.4, -0.2) is 4.98 Å². The van der Waals surface area contributed by atoms with Gasteiger partial charge in [-0.05, 0) is 18.2 Å². The summed E-state index contributed by atoms with van der Waals surface area (Å²) in [6.45, 7) is 0. The summed E-state index contributed by atoms with van der Waals surface area (Å²) >= 11 is 11.8. The molecule has 0 fully saturated rings. The zero-order chi connectivity index (χ0) is 12.3. The Morgan fingerprint density at radius 1 is 1.18 bits per heavy atom. The predicted octanol–water partition coefficient (Wildman–Crippen LogP) is 4.05. The fourth-order valence-corrected chi connectivity index (χ4v) is 1.49. The molecule has 0 aliphatic carbocycles. The van der Waals surface area contributed by atoms with E-state index in [-0.39, 0.29) is 0 Å². The van der Waals surface area contributed by atoms with Crippen molar-refractivity contribution in [3.05, 3.63) is 52.1 Å². The van der Waals surface area contributed by atoms with E-state index in [2.05, 4.69) is 4.98 Å². The van der Waals surface area contributed by atoms with E-state index in [1.807, 2.05) is 6.07 Å². The maximum Gasteiger partial charge on any atom is 0.219 e. The van der Waals surface area contributed by atoms with Gasteiger partial charge >= 0.3 is 0 Å². The Morgan fingerprint density at radius 2 is 2.00 bits per heavy atom. The standard InChI is InChI=1S/C12H6Cl2N2O/c13-9-2-3-10(14)11(5-9)17-12-4-1-8(6-15)7-16-12/h1-5,7H. The van der Waals surface area contributed by atoms with Gasteiger partial charge in [0.25, 0.3) is 0 Å². The van der Waals surface area contributed by atoms with Gasteiger partial charge in [0.2, 0.25) is 5.88 Å². The van der Waals surface area contributed by atoms with Crippen molar-refractivity contribution in [1.29, 1.82) is 5.26 Å². The van der Waals surface area contributed by atoms with Crippen LogP contribution in [0.2, 0.25) is 10.0 Å². The van der Waals surface area contributed by atoms with Crippen molar-refractivity contribution in [3.8, 4) is 17.7 Å². The summed E-state index contributed by atoms with van der Waals surface area (Å²) in [5, 5.41) is 9.60. The summed E-state index contributed by atoms with van der Waals surface area (Å²) in [5.41, 5.74) is 0.467. The third-order valence-corrected chi connectivity index (χ3v) is 2.52. The van der Waals surface area contributed by atoms with E-state index in [0.717, 1.165) is 0 Å². The molecule has 1 heterocycles. The van der Waals surface area contributed by atoms with Crippen LogP contribution in [0.5, 0.6) is 11.6 Å². The minimum Gasteiger partial charge on any atom is -0.437 e. The number of hydrogen-bond donors (Lipinski definition) is 0. The lowest BCUT2D eigenvalue weighted by atomic mass is 10.3. The number of nitriles is 1. The molecule has 0 saturated carbocycles. The SMILES string of the molecule is N#Cc1ccc(Oc2cc(Cl)ccc2Cl)nc1. The van der Waals surface area contributed by atoms with E-state index in [0.29, 0.717) is 27.2 Å². The largest absolute Gasteiger partial charge is 0.437 e. The van der Waals surface area contributed by atoms with Crippen molar-refractivity contribution in [2.75, 3.05) is 0 Å². The molecule has 0 spiro atoms. The highest BCUT2D eigenvalue weighted by molar-refractivity contribution is 6.34. The first kappa shape index (κ1) is 11.7. The number of benzene rings is 1. The van der Waals surface area contributed by atoms with Crippen molar-refractivity contribution in [2.24, 2.45) is 0 Å². The van der Waals surface area contributed by atoms with Crippen LogP contribution in [-0.2, 0) is 0 Å². The molecule has 0 aliphatic heterocycles. The van der Waals surface area contributed by atoms with Gasteiger partial charge in [-0.15, -0.1) is 0 Å². The zero-order valence-corrected chi connectivity index (χ0v) is 10.0. The van der Waals surface area contributed by atoms with E-state index < -0.39 is 0 Å². The van der Waals surface area contributed by atoms with E-state index >= 15 is 0 Å². The monoisotopic (exact) mass is 264 g/mol. The molecule has 0 N–H and O–H groups in total. The van der Waals surface area contributed by atoms with Gasteiger partial charge in [-0.1, -0.05) is 23.2 Å². The number of pyridine rings is 1. The lowest BCUT2D eigenvalue weighted by Gasteiger charge is -2.06. The third-order valence-electron chi connectivity index (χ3n) is 1.97. The number of nitrogens with zero attached hydrogens (tertiary/aromatic N) is 2. The maximum atomic E-state index is 8.63. The van der Waals surface area contributed by atoms with Crippen LogP contribution in [0.4, 0.5) is 0 Å². The van der Waals surface area contributed by atoms with Crippen molar-refractivity contribution in [1.82, 2.24) is 4.98 Å². The van der Waals surface area contributed by atoms with Gasteiger partial charge in [-0.2, -0.15) is 5.26 Å². The predicted molar refractivity (Wildman–Crippen MR) is 65.5 cm³/mol. The van der Waals surface area contributed by atoms with Gasteiger partial charge in [0.1, 0.15) is 11.8 Å². The summed E-state index contributed by atoms with van der Waals surface area (Å²) in [7, 11) is 0. The van der Waals surface area contributed by atoms with Gasteiger partial charge in [-0.25, -0.2) is 4.98 Å². The average molecular weight is 265 g/mol. The van der Waals surface area contributed by atoms with E-state index in [1.54, 1.807) is 30.3 Å². The smallest absolute Gasteiger partial charge is 0.219 e. The molecule has 1 aromatic carbocycles. The third kappa shape index (κ3) is 2.88. The molecule has 0 unspecified atom stereocenters. The molecule has 0 amide bonds. The van der Waals surface area contributed by atoms with Crippen LogP contribution in [0.3, 0.4) is 0 Å². The minimum absolute atomic E-state index is 0.355. The van der Waals surface area contributed by atoms with Crippen LogP contribution in [0.1, 0.15) is 5.56 Å². The molecular formula is C12H6Cl2N2O. The van der Waals surface area contributed by atoms with Gasteiger partial charge in [0.05, 0.1) is 10.6 Å². The Hall–Kier alpha value is -1.76. The summed E-state index contributed by atoms with van der Waals surface area (Å²) < 4.78 is 5.45. The molecule has 5 heteroatoms. The van der Waals surface area contributed by atoms with Crippen LogP contribution in [0, 0.1) is 11.3 Å². The molecule has 1 aromatic heterocycles. The molecule has 0 bridgehead atoms.